The molecule has 0 amide bonds. The summed E-state index contributed by atoms with van der Waals surface area (Å²) >= 11 is 7.52. The smallest absolute Gasteiger partial charge is 0.125 e. The molecule has 2 nitrogen and oxygen atoms in total. The van der Waals surface area contributed by atoms with Crippen molar-refractivity contribution >= 4 is 23.4 Å². The van der Waals surface area contributed by atoms with Crippen molar-refractivity contribution in [3.63, 3.8) is 0 Å². The van der Waals surface area contributed by atoms with Gasteiger partial charge in [0.15, 0.2) is 0 Å². The Bertz CT molecular complexity index is 708. The summed E-state index contributed by atoms with van der Waals surface area (Å²) in [5.41, 5.74) is 0.543. The van der Waals surface area contributed by atoms with Gasteiger partial charge in [0.1, 0.15) is 5.60 Å². The van der Waals surface area contributed by atoms with Crippen LogP contribution in [0, 0.1) is 0 Å². The second-order valence-corrected chi connectivity index (χ2v) is 6.70. The number of halogens is 1. The monoisotopic (exact) mass is 341 g/mol. The van der Waals surface area contributed by atoms with Crippen molar-refractivity contribution < 1.29 is 5.11 Å². The lowest BCUT2D eigenvalue weighted by Crippen LogP contribution is -2.30. The lowest BCUT2D eigenvalue weighted by Gasteiger charge is -2.28. The predicted octanol–water partition coefficient (Wildman–Crippen LogP) is 4.76. The Morgan fingerprint density at radius 3 is 2.26 bits per heavy atom. The van der Waals surface area contributed by atoms with E-state index in [-0.39, 0.29) is 0 Å². The predicted molar refractivity (Wildman–Crippen MR) is 95.9 cm³/mol. The number of pyridine rings is 1. The third-order valence-electron chi connectivity index (χ3n) is 3.65. The SMILES string of the molecule is OC(CSc1ccc(Cl)cc1)(c1ccccc1)c1cccnc1. The summed E-state index contributed by atoms with van der Waals surface area (Å²) in [5.74, 6) is 0.490. The molecule has 0 bridgehead atoms. The van der Waals surface area contributed by atoms with Gasteiger partial charge < -0.3 is 5.11 Å². The molecule has 116 valence electrons. The lowest BCUT2D eigenvalue weighted by molar-refractivity contribution is 0.107. The standard InChI is InChI=1S/C19H16ClNOS/c20-17-8-10-18(11-9-17)23-14-19(22,15-5-2-1-3-6-15)16-7-4-12-21-13-16/h1-13,22H,14H2. The summed E-state index contributed by atoms with van der Waals surface area (Å²) in [6.07, 6.45) is 3.43. The number of aliphatic hydroxyl groups is 1. The van der Waals surface area contributed by atoms with Crippen LogP contribution < -0.4 is 0 Å². The molecular weight excluding hydrogens is 326 g/mol. The first-order chi connectivity index (χ1) is 11.2. The van der Waals surface area contributed by atoms with Crippen LogP contribution in [0.1, 0.15) is 11.1 Å². The van der Waals surface area contributed by atoms with E-state index >= 15 is 0 Å². The molecule has 1 unspecified atom stereocenters. The Kier molecular flexibility index (Phi) is 5.01. The van der Waals surface area contributed by atoms with Crippen LogP contribution in [0.25, 0.3) is 0 Å². The van der Waals surface area contributed by atoms with Crippen LogP contribution in [0.3, 0.4) is 0 Å². The molecule has 1 aromatic heterocycles. The van der Waals surface area contributed by atoms with Crippen LogP contribution in [-0.2, 0) is 5.60 Å². The average molecular weight is 342 g/mol. The molecule has 1 atom stereocenters. The first kappa shape index (κ1) is 16.1. The molecule has 2 aromatic carbocycles. The third-order valence-corrected chi connectivity index (χ3v) is 5.07. The summed E-state index contributed by atoms with van der Waals surface area (Å²) in [4.78, 5) is 5.22. The van der Waals surface area contributed by atoms with Gasteiger partial charge in [-0.1, -0.05) is 48.0 Å². The highest BCUT2D eigenvalue weighted by molar-refractivity contribution is 7.99. The molecule has 0 saturated carbocycles. The van der Waals surface area contributed by atoms with Gasteiger partial charge in [-0.05, 0) is 35.9 Å². The second kappa shape index (κ2) is 7.18. The number of aromatic nitrogens is 1. The number of benzene rings is 2. The van der Waals surface area contributed by atoms with Crippen LogP contribution in [0.4, 0.5) is 0 Å². The molecule has 0 spiro atoms. The van der Waals surface area contributed by atoms with Gasteiger partial charge in [0.25, 0.3) is 0 Å². The average Bonchev–Trinajstić information content (AvgIpc) is 2.62. The van der Waals surface area contributed by atoms with Gasteiger partial charge in [0.2, 0.25) is 0 Å². The molecular formula is C19H16ClNOS. The molecule has 0 aliphatic carbocycles. The molecule has 0 radical (unpaired) electrons. The van der Waals surface area contributed by atoms with Crippen molar-refractivity contribution in [3.05, 3.63) is 95.3 Å². The van der Waals surface area contributed by atoms with E-state index in [1.165, 1.54) is 0 Å². The molecule has 0 fully saturated rings. The van der Waals surface area contributed by atoms with Crippen LogP contribution in [-0.4, -0.2) is 15.8 Å². The maximum atomic E-state index is 11.4. The second-order valence-electron chi connectivity index (χ2n) is 5.21. The molecule has 4 heteroatoms. The third kappa shape index (κ3) is 3.75. The fourth-order valence-corrected chi connectivity index (χ4v) is 3.54. The summed E-state index contributed by atoms with van der Waals surface area (Å²) < 4.78 is 0. The zero-order valence-corrected chi connectivity index (χ0v) is 14.0. The Morgan fingerprint density at radius 2 is 1.61 bits per heavy atom. The molecule has 0 saturated heterocycles. The first-order valence-electron chi connectivity index (χ1n) is 7.25. The van der Waals surface area contributed by atoms with Crippen molar-refractivity contribution in [2.75, 3.05) is 5.75 Å². The van der Waals surface area contributed by atoms with Gasteiger partial charge in [-0.15, -0.1) is 11.8 Å². The zero-order chi connectivity index (χ0) is 16.1. The Balaban J connectivity index is 1.91. The molecule has 1 N–H and O–H groups in total. The largest absolute Gasteiger partial charge is 0.379 e. The number of hydrogen-bond acceptors (Lipinski definition) is 3. The minimum absolute atomic E-state index is 0.490. The van der Waals surface area contributed by atoms with E-state index in [9.17, 15) is 5.11 Å². The van der Waals surface area contributed by atoms with Crippen LogP contribution in [0.2, 0.25) is 5.02 Å². The van der Waals surface area contributed by atoms with E-state index in [2.05, 4.69) is 4.98 Å². The van der Waals surface area contributed by atoms with Crippen molar-refractivity contribution in [2.45, 2.75) is 10.5 Å². The van der Waals surface area contributed by atoms with Crippen molar-refractivity contribution in [2.24, 2.45) is 0 Å². The van der Waals surface area contributed by atoms with E-state index in [1.807, 2.05) is 66.7 Å². The van der Waals surface area contributed by atoms with Crippen LogP contribution >= 0.6 is 23.4 Å². The van der Waals surface area contributed by atoms with Gasteiger partial charge in [0.05, 0.1) is 0 Å². The van der Waals surface area contributed by atoms with Gasteiger partial charge in [0, 0.05) is 33.6 Å². The van der Waals surface area contributed by atoms with Crippen LogP contribution in [0.15, 0.2) is 84.0 Å². The molecule has 23 heavy (non-hydrogen) atoms. The molecule has 3 rings (SSSR count). The Morgan fingerprint density at radius 1 is 0.913 bits per heavy atom. The topological polar surface area (TPSA) is 33.1 Å². The fourth-order valence-electron chi connectivity index (χ4n) is 2.37. The molecule has 1 heterocycles. The highest BCUT2D eigenvalue weighted by Crippen LogP contribution is 2.35. The van der Waals surface area contributed by atoms with Gasteiger partial charge in [-0.25, -0.2) is 0 Å². The highest BCUT2D eigenvalue weighted by Gasteiger charge is 2.31. The number of hydrogen-bond donors (Lipinski definition) is 1. The summed E-state index contributed by atoms with van der Waals surface area (Å²) in [6.45, 7) is 0. The number of thioether (sulfide) groups is 1. The Hall–Kier alpha value is -1.81. The van der Waals surface area contributed by atoms with Crippen LogP contribution in [0.5, 0.6) is 0 Å². The van der Waals surface area contributed by atoms with Gasteiger partial charge in [-0.3, -0.25) is 4.98 Å². The molecule has 3 aromatic rings. The fraction of sp³-hybridized carbons (Fsp3) is 0.105. The quantitative estimate of drug-likeness (QED) is 0.679. The van der Waals surface area contributed by atoms with E-state index in [4.69, 9.17) is 11.6 Å². The summed E-state index contributed by atoms with van der Waals surface area (Å²) in [7, 11) is 0. The summed E-state index contributed by atoms with van der Waals surface area (Å²) in [5, 5.41) is 12.1. The highest BCUT2D eigenvalue weighted by atomic mass is 35.5. The zero-order valence-electron chi connectivity index (χ0n) is 12.4. The maximum absolute atomic E-state index is 11.4. The van der Waals surface area contributed by atoms with E-state index in [1.54, 1.807) is 24.2 Å². The number of rotatable bonds is 5. The van der Waals surface area contributed by atoms with E-state index in [0.717, 1.165) is 16.0 Å². The van der Waals surface area contributed by atoms with Crippen molar-refractivity contribution in [1.82, 2.24) is 4.98 Å². The lowest BCUT2D eigenvalue weighted by atomic mass is 9.89. The first-order valence-corrected chi connectivity index (χ1v) is 8.61. The number of nitrogens with zero attached hydrogens (tertiary/aromatic N) is 1. The Labute approximate surface area is 145 Å². The normalized spacial score (nSPS) is 13.5. The molecule has 0 aliphatic rings. The van der Waals surface area contributed by atoms with Crippen molar-refractivity contribution in [3.8, 4) is 0 Å². The van der Waals surface area contributed by atoms with Gasteiger partial charge >= 0.3 is 0 Å². The molecule has 0 aliphatic heterocycles. The minimum atomic E-state index is -1.10. The minimum Gasteiger partial charge on any atom is -0.379 e. The van der Waals surface area contributed by atoms with Crippen molar-refractivity contribution in [1.29, 1.82) is 0 Å². The van der Waals surface area contributed by atoms with E-state index in [0.29, 0.717) is 10.8 Å². The van der Waals surface area contributed by atoms with E-state index < -0.39 is 5.60 Å². The summed E-state index contributed by atoms with van der Waals surface area (Å²) in [6, 6.07) is 21.1. The van der Waals surface area contributed by atoms with Gasteiger partial charge in [-0.2, -0.15) is 0 Å². The maximum Gasteiger partial charge on any atom is 0.125 e.